The molecule has 1 rings (SSSR count). The zero-order valence-electron chi connectivity index (χ0n) is 9.32. The van der Waals surface area contributed by atoms with E-state index in [2.05, 4.69) is 13.8 Å². The van der Waals surface area contributed by atoms with Crippen LogP contribution in [0.1, 0.15) is 26.7 Å². The highest BCUT2D eigenvalue weighted by Gasteiger charge is 2.01. The summed E-state index contributed by atoms with van der Waals surface area (Å²) in [5.41, 5.74) is 0. The van der Waals surface area contributed by atoms with Crippen molar-refractivity contribution in [3.8, 4) is 0 Å². The van der Waals surface area contributed by atoms with Gasteiger partial charge in [-0.15, -0.1) is 0 Å². The van der Waals surface area contributed by atoms with Gasteiger partial charge < -0.3 is 4.80 Å². The lowest BCUT2D eigenvalue weighted by Crippen LogP contribution is -2.09. The van der Waals surface area contributed by atoms with E-state index in [-0.39, 0.29) is 0 Å². The lowest BCUT2D eigenvalue weighted by atomic mass is 10.4. The van der Waals surface area contributed by atoms with Crippen molar-refractivity contribution in [3.63, 3.8) is 0 Å². The lowest BCUT2D eigenvalue weighted by Gasteiger charge is -2.01. The molecule has 0 aliphatic rings. The minimum absolute atomic E-state index is 1.10. The Hall–Kier alpha value is -0.603. The number of hydrogen-bond acceptors (Lipinski definition) is 1. The molecule has 2 heteroatoms. The van der Waals surface area contributed by atoms with Crippen LogP contribution in [0.3, 0.4) is 0 Å². The smallest absolute Gasteiger partial charge is 0.172 e. The van der Waals surface area contributed by atoms with E-state index < -0.39 is 9.04 Å². The van der Waals surface area contributed by atoms with E-state index in [1.807, 2.05) is 36.4 Å². The van der Waals surface area contributed by atoms with Crippen molar-refractivity contribution in [2.24, 2.45) is 0 Å². The van der Waals surface area contributed by atoms with E-state index in [4.69, 9.17) is 0 Å². The highest BCUT2D eigenvalue weighted by Crippen LogP contribution is 2.01. The Kier molecular flexibility index (Phi) is 10.0. The first-order valence-electron chi connectivity index (χ1n) is 5.49. The van der Waals surface area contributed by atoms with Crippen LogP contribution in [0.25, 0.3) is 0 Å². The zero-order valence-corrected chi connectivity index (χ0v) is 10.5. The van der Waals surface area contributed by atoms with Gasteiger partial charge in [-0.1, -0.05) is 63.1 Å². The standard InChI is InChI=1S/C6H16OSi.C6H6/c1-3-5-8(7)6-4-2;1-2-4-6-5-3-1/h7-8H,3-6H2,1-2H3;1-6H. The molecule has 1 nitrogen and oxygen atoms in total. The van der Waals surface area contributed by atoms with Crippen LogP contribution in [0.4, 0.5) is 0 Å². The molecule has 0 amide bonds. The van der Waals surface area contributed by atoms with Crippen LogP contribution in [0, 0.1) is 0 Å². The maximum atomic E-state index is 9.19. The first-order chi connectivity index (χ1) is 6.81. The second kappa shape index (κ2) is 10.5. The van der Waals surface area contributed by atoms with Gasteiger partial charge in [-0.25, -0.2) is 0 Å². The molecular formula is C12H22OSi. The number of hydrogen-bond donors (Lipinski definition) is 1. The van der Waals surface area contributed by atoms with Crippen LogP contribution in [0.5, 0.6) is 0 Å². The highest BCUT2D eigenvalue weighted by molar-refractivity contribution is 6.50. The molecule has 0 aliphatic heterocycles. The highest BCUT2D eigenvalue weighted by atomic mass is 28.3. The van der Waals surface area contributed by atoms with Crippen molar-refractivity contribution in [3.05, 3.63) is 36.4 Å². The largest absolute Gasteiger partial charge is 0.435 e. The van der Waals surface area contributed by atoms with Gasteiger partial charge in [0.2, 0.25) is 0 Å². The second-order valence-corrected chi connectivity index (χ2v) is 5.85. The van der Waals surface area contributed by atoms with E-state index in [9.17, 15) is 4.80 Å². The van der Waals surface area contributed by atoms with Crippen molar-refractivity contribution in [1.29, 1.82) is 0 Å². The molecule has 0 aliphatic carbocycles. The fourth-order valence-corrected chi connectivity index (χ4v) is 2.82. The Morgan fingerprint density at radius 2 is 1.07 bits per heavy atom. The van der Waals surface area contributed by atoms with Crippen molar-refractivity contribution in [2.75, 3.05) is 0 Å². The molecule has 14 heavy (non-hydrogen) atoms. The summed E-state index contributed by atoms with van der Waals surface area (Å²) >= 11 is 0. The van der Waals surface area contributed by atoms with Gasteiger partial charge in [0.25, 0.3) is 0 Å². The van der Waals surface area contributed by atoms with Crippen LogP contribution in [-0.2, 0) is 0 Å². The third-order valence-electron chi connectivity index (χ3n) is 1.91. The monoisotopic (exact) mass is 210 g/mol. The van der Waals surface area contributed by atoms with Gasteiger partial charge in [0.05, 0.1) is 0 Å². The third kappa shape index (κ3) is 9.48. The van der Waals surface area contributed by atoms with Crippen LogP contribution in [0.2, 0.25) is 12.1 Å². The van der Waals surface area contributed by atoms with Gasteiger partial charge in [0, 0.05) is 0 Å². The van der Waals surface area contributed by atoms with E-state index in [1.54, 1.807) is 0 Å². The van der Waals surface area contributed by atoms with E-state index in [0.29, 0.717) is 0 Å². The molecule has 0 aromatic heterocycles. The number of benzene rings is 1. The Morgan fingerprint density at radius 3 is 1.29 bits per heavy atom. The summed E-state index contributed by atoms with van der Waals surface area (Å²) < 4.78 is 0. The fourth-order valence-electron chi connectivity index (χ4n) is 1.20. The molecule has 80 valence electrons. The van der Waals surface area contributed by atoms with E-state index >= 15 is 0 Å². The summed E-state index contributed by atoms with van der Waals surface area (Å²) in [5, 5.41) is 0. The van der Waals surface area contributed by atoms with Crippen LogP contribution >= 0.6 is 0 Å². The molecule has 1 N–H and O–H groups in total. The fraction of sp³-hybridized carbons (Fsp3) is 0.500. The third-order valence-corrected chi connectivity index (χ3v) is 4.40. The van der Waals surface area contributed by atoms with Crippen molar-refractivity contribution in [1.82, 2.24) is 0 Å². The summed E-state index contributed by atoms with van der Waals surface area (Å²) in [5.74, 6) is 0. The van der Waals surface area contributed by atoms with Crippen molar-refractivity contribution >= 4 is 9.04 Å². The van der Waals surface area contributed by atoms with E-state index in [0.717, 1.165) is 24.9 Å². The molecule has 1 aromatic rings. The topological polar surface area (TPSA) is 20.2 Å². The van der Waals surface area contributed by atoms with Crippen LogP contribution in [0.15, 0.2) is 36.4 Å². The Bertz CT molecular complexity index is 156. The molecule has 0 radical (unpaired) electrons. The maximum absolute atomic E-state index is 9.19. The molecule has 0 heterocycles. The Balaban J connectivity index is 0.000000249. The Morgan fingerprint density at radius 1 is 0.786 bits per heavy atom. The zero-order chi connectivity index (χ0) is 10.6. The minimum atomic E-state index is -1.20. The van der Waals surface area contributed by atoms with Crippen molar-refractivity contribution in [2.45, 2.75) is 38.8 Å². The van der Waals surface area contributed by atoms with Crippen LogP contribution < -0.4 is 0 Å². The average Bonchev–Trinajstić information content (AvgIpc) is 2.22. The van der Waals surface area contributed by atoms with E-state index in [1.165, 1.54) is 0 Å². The predicted octanol–water partition coefficient (Wildman–Crippen LogP) is 3.21. The summed E-state index contributed by atoms with van der Waals surface area (Å²) in [7, 11) is -1.20. The molecule has 0 saturated heterocycles. The normalized spacial score (nSPS) is 9.43. The summed E-state index contributed by atoms with van der Waals surface area (Å²) in [6, 6.07) is 14.2. The summed E-state index contributed by atoms with van der Waals surface area (Å²) in [6.07, 6.45) is 2.32. The van der Waals surface area contributed by atoms with Gasteiger partial charge >= 0.3 is 0 Å². The molecule has 1 aromatic carbocycles. The first-order valence-corrected chi connectivity index (χ1v) is 7.64. The van der Waals surface area contributed by atoms with Crippen molar-refractivity contribution < 1.29 is 4.80 Å². The van der Waals surface area contributed by atoms with Gasteiger partial charge in [0.15, 0.2) is 9.04 Å². The van der Waals surface area contributed by atoms with Gasteiger partial charge in [-0.05, 0) is 12.1 Å². The van der Waals surface area contributed by atoms with Gasteiger partial charge in [-0.2, -0.15) is 0 Å². The summed E-state index contributed by atoms with van der Waals surface area (Å²) in [4.78, 5) is 9.19. The average molecular weight is 210 g/mol. The molecule has 0 bridgehead atoms. The molecule has 0 saturated carbocycles. The minimum Gasteiger partial charge on any atom is -0.435 e. The molecule has 0 spiro atoms. The molecule has 0 unspecified atom stereocenters. The second-order valence-electron chi connectivity index (χ2n) is 3.39. The summed E-state index contributed by atoms with van der Waals surface area (Å²) in [6.45, 7) is 4.26. The molecule has 0 atom stereocenters. The number of rotatable bonds is 4. The SMILES string of the molecule is CCC[SiH](O)CCC.c1ccccc1. The van der Waals surface area contributed by atoms with Gasteiger partial charge in [0.1, 0.15) is 0 Å². The Labute approximate surface area is 89.5 Å². The maximum Gasteiger partial charge on any atom is 0.172 e. The van der Waals surface area contributed by atoms with Crippen LogP contribution in [-0.4, -0.2) is 13.8 Å². The van der Waals surface area contributed by atoms with Gasteiger partial charge in [-0.3, -0.25) is 0 Å². The predicted molar refractivity (Wildman–Crippen MR) is 66.0 cm³/mol. The lowest BCUT2D eigenvalue weighted by molar-refractivity contribution is 0.561. The first kappa shape index (κ1) is 13.4. The quantitative estimate of drug-likeness (QED) is 0.757. The molecular weight excluding hydrogens is 188 g/mol. The molecule has 0 fully saturated rings.